The van der Waals surface area contributed by atoms with Crippen LogP contribution in [0.2, 0.25) is 10.0 Å². The Morgan fingerprint density at radius 2 is 2.19 bits per heavy atom. The van der Waals surface area contributed by atoms with E-state index in [2.05, 4.69) is 6.92 Å². The van der Waals surface area contributed by atoms with E-state index in [1.54, 1.807) is 6.07 Å². The van der Waals surface area contributed by atoms with Gasteiger partial charge in [-0.2, -0.15) is 0 Å². The molecule has 2 rings (SSSR count). The molecule has 0 bridgehead atoms. The minimum atomic E-state index is -0.213. The average Bonchev–Trinajstić information content (AvgIpc) is 2.42. The van der Waals surface area contributed by atoms with Crippen LogP contribution in [-0.4, -0.2) is 18.2 Å². The molecule has 0 aromatic heterocycles. The second-order valence-corrected chi connectivity index (χ2v) is 7.09. The van der Waals surface area contributed by atoms with Crippen molar-refractivity contribution in [1.29, 1.82) is 0 Å². The summed E-state index contributed by atoms with van der Waals surface area (Å²) < 4.78 is 6.14. The van der Waals surface area contributed by atoms with Gasteiger partial charge in [-0.15, -0.1) is 0 Å². The van der Waals surface area contributed by atoms with Gasteiger partial charge >= 0.3 is 0 Å². The number of hydrogen-bond acceptors (Lipinski definition) is 2. The van der Waals surface area contributed by atoms with E-state index in [4.69, 9.17) is 33.7 Å². The van der Waals surface area contributed by atoms with Crippen molar-refractivity contribution in [3.63, 3.8) is 0 Å². The molecule has 21 heavy (non-hydrogen) atoms. The van der Waals surface area contributed by atoms with Crippen molar-refractivity contribution in [2.45, 2.75) is 57.6 Å². The summed E-state index contributed by atoms with van der Waals surface area (Å²) in [5.41, 5.74) is 7.39. The molecule has 1 aliphatic carbocycles. The number of benzene rings is 1. The Morgan fingerprint density at radius 1 is 1.43 bits per heavy atom. The minimum Gasteiger partial charge on any atom is -0.374 e. The summed E-state index contributed by atoms with van der Waals surface area (Å²) in [5, 5.41) is 1.34. The third-order valence-electron chi connectivity index (χ3n) is 4.55. The number of nitrogens with two attached hydrogens (primary N) is 1. The van der Waals surface area contributed by atoms with Gasteiger partial charge in [0.15, 0.2) is 0 Å². The molecule has 4 heteroatoms. The van der Waals surface area contributed by atoms with Gasteiger partial charge in [0.1, 0.15) is 0 Å². The van der Waals surface area contributed by atoms with Gasteiger partial charge in [0.25, 0.3) is 0 Å². The highest BCUT2D eigenvalue weighted by Gasteiger charge is 2.41. The fraction of sp³-hybridized carbons (Fsp3) is 0.647. The first kappa shape index (κ1) is 17.1. The maximum Gasteiger partial charge on any atom is 0.0838 e. The van der Waals surface area contributed by atoms with Gasteiger partial charge in [-0.25, -0.2) is 0 Å². The normalized spacial score (nSPS) is 27.6. The summed E-state index contributed by atoms with van der Waals surface area (Å²) in [6.45, 7) is 5.03. The van der Waals surface area contributed by atoms with Crippen LogP contribution >= 0.6 is 23.2 Å². The standard InChI is InChI=1S/C17H25Cl2NO/c1-3-21-17(8-4-5-12(2)11-17)16(20)9-13-6-7-14(18)10-15(13)19/h6-7,10,12,16H,3-5,8-9,11,20H2,1-2H3. The topological polar surface area (TPSA) is 35.2 Å². The van der Waals surface area contributed by atoms with Crippen LogP contribution in [0.25, 0.3) is 0 Å². The average molecular weight is 330 g/mol. The molecule has 1 fully saturated rings. The van der Waals surface area contributed by atoms with E-state index in [1.165, 1.54) is 12.8 Å². The van der Waals surface area contributed by atoms with Crippen LogP contribution in [0.1, 0.15) is 45.1 Å². The maximum absolute atomic E-state index is 6.55. The molecule has 2 nitrogen and oxygen atoms in total. The second-order valence-electron chi connectivity index (χ2n) is 6.25. The molecular weight excluding hydrogens is 305 g/mol. The lowest BCUT2D eigenvalue weighted by molar-refractivity contribution is -0.0925. The van der Waals surface area contributed by atoms with Gasteiger partial charge < -0.3 is 10.5 Å². The Bertz CT molecular complexity index is 476. The summed E-state index contributed by atoms with van der Waals surface area (Å²) in [6, 6.07) is 5.57. The van der Waals surface area contributed by atoms with E-state index in [-0.39, 0.29) is 11.6 Å². The van der Waals surface area contributed by atoms with Gasteiger partial charge in [-0.3, -0.25) is 0 Å². The van der Waals surface area contributed by atoms with Crippen molar-refractivity contribution in [1.82, 2.24) is 0 Å². The highest BCUT2D eigenvalue weighted by molar-refractivity contribution is 6.35. The predicted molar refractivity (Wildman–Crippen MR) is 90.1 cm³/mol. The van der Waals surface area contributed by atoms with E-state index >= 15 is 0 Å². The van der Waals surface area contributed by atoms with E-state index in [1.807, 2.05) is 19.1 Å². The van der Waals surface area contributed by atoms with Crippen LogP contribution in [0.4, 0.5) is 0 Å². The minimum absolute atomic E-state index is 0.0427. The predicted octanol–water partition coefficient (Wildman–Crippen LogP) is 4.85. The molecular formula is C17H25Cl2NO. The molecule has 2 N–H and O–H groups in total. The molecule has 3 unspecified atom stereocenters. The zero-order chi connectivity index (χ0) is 15.5. The van der Waals surface area contributed by atoms with E-state index < -0.39 is 0 Å². The SMILES string of the molecule is CCOC1(C(N)Cc2ccc(Cl)cc2Cl)CCCC(C)C1. The summed E-state index contributed by atoms with van der Waals surface area (Å²) >= 11 is 12.2. The summed E-state index contributed by atoms with van der Waals surface area (Å²) in [4.78, 5) is 0. The van der Waals surface area contributed by atoms with E-state index in [0.29, 0.717) is 22.6 Å². The lowest BCUT2D eigenvalue weighted by Gasteiger charge is -2.44. The maximum atomic E-state index is 6.55. The first-order valence-electron chi connectivity index (χ1n) is 7.80. The molecule has 0 spiro atoms. The summed E-state index contributed by atoms with van der Waals surface area (Å²) in [5.74, 6) is 0.664. The van der Waals surface area contributed by atoms with Crippen LogP contribution in [0.15, 0.2) is 18.2 Å². The van der Waals surface area contributed by atoms with Gasteiger partial charge in [0, 0.05) is 22.7 Å². The fourth-order valence-corrected chi connectivity index (χ4v) is 4.00. The van der Waals surface area contributed by atoms with Gasteiger partial charge in [0.2, 0.25) is 0 Å². The third-order valence-corrected chi connectivity index (χ3v) is 5.14. The van der Waals surface area contributed by atoms with Crippen molar-refractivity contribution in [3.8, 4) is 0 Å². The lowest BCUT2D eigenvalue weighted by atomic mass is 9.73. The molecule has 0 saturated heterocycles. The summed E-state index contributed by atoms with van der Waals surface area (Å²) in [6.07, 6.45) is 5.25. The lowest BCUT2D eigenvalue weighted by Crippen LogP contribution is -2.53. The Morgan fingerprint density at radius 3 is 2.81 bits per heavy atom. The van der Waals surface area contributed by atoms with Crippen molar-refractivity contribution >= 4 is 23.2 Å². The Kier molecular flexibility index (Phi) is 5.96. The Balaban J connectivity index is 2.16. The number of hydrogen-bond donors (Lipinski definition) is 1. The third kappa shape index (κ3) is 4.13. The van der Waals surface area contributed by atoms with Crippen LogP contribution in [0, 0.1) is 5.92 Å². The molecule has 118 valence electrons. The van der Waals surface area contributed by atoms with E-state index in [9.17, 15) is 0 Å². The van der Waals surface area contributed by atoms with Crippen molar-refractivity contribution in [3.05, 3.63) is 33.8 Å². The monoisotopic (exact) mass is 329 g/mol. The van der Waals surface area contributed by atoms with Gasteiger partial charge in [-0.05, 0) is 49.8 Å². The number of rotatable bonds is 5. The van der Waals surface area contributed by atoms with Crippen molar-refractivity contribution in [2.75, 3.05) is 6.61 Å². The molecule has 0 aliphatic heterocycles. The quantitative estimate of drug-likeness (QED) is 0.838. The molecule has 1 saturated carbocycles. The fourth-order valence-electron chi connectivity index (χ4n) is 3.52. The van der Waals surface area contributed by atoms with E-state index in [0.717, 1.165) is 24.8 Å². The molecule has 0 radical (unpaired) electrons. The molecule has 3 atom stereocenters. The van der Waals surface area contributed by atoms with Crippen LogP contribution < -0.4 is 5.73 Å². The van der Waals surface area contributed by atoms with Gasteiger partial charge in [0.05, 0.1) is 5.60 Å². The smallest absolute Gasteiger partial charge is 0.0838 e. The number of ether oxygens (including phenoxy) is 1. The Hall–Kier alpha value is -0.280. The van der Waals surface area contributed by atoms with Crippen LogP contribution in [-0.2, 0) is 11.2 Å². The molecule has 1 aromatic carbocycles. The largest absolute Gasteiger partial charge is 0.374 e. The highest BCUT2D eigenvalue weighted by atomic mass is 35.5. The zero-order valence-electron chi connectivity index (χ0n) is 12.9. The van der Waals surface area contributed by atoms with Crippen molar-refractivity contribution in [2.24, 2.45) is 11.7 Å². The molecule has 1 aliphatic rings. The first-order valence-corrected chi connectivity index (χ1v) is 8.56. The molecule has 0 amide bonds. The highest BCUT2D eigenvalue weighted by Crippen LogP contribution is 2.38. The van der Waals surface area contributed by atoms with Crippen LogP contribution in [0.3, 0.4) is 0 Å². The molecule has 1 aromatic rings. The van der Waals surface area contributed by atoms with Crippen LogP contribution in [0.5, 0.6) is 0 Å². The first-order chi connectivity index (χ1) is 9.97. The molecule has 0 heterocycles. The van der Waals surface area contributed by atoms with Gasteiger partial charge in [-0.1, -0.05) is 49.0 Å². The van der Waals surface area contributed by atoms with Crippen molar-refractivity contribution < 1.29 is 4.74 Å². The summed E-state index contributed by atoms with van der Waals surface area (Å²) in [7, 11) is 0. The number of halogens is 2. The second kappa shape index (κ2) is 7.32. The zero-order valence-corrected chi connectivity index (χ0v) is 14.4. The Labute approximate surface area is 137 Å².